The van der Waals surface area contributed by atoms with Crippen LogP contribution in [0, 0.1) is 6.92 Å². The van der Waals surface area contributed by atoms with Crippen molar-refractivity contribution < 1.29 is 17.9 Å². The number of amides is 1. The van der Waals surface area contributed by atoms with E-state index in [1.54, 1.807) is 31.2 Å². The molecule has 27 heavy (non-hydrogen) atoms. The van der Waals surface area contributed by atoms with Crippen molar-refractivity contribution in [2.24, 2.45) is 0 Å². The summed E-state index contributed by atoms with van der Waals surface area (Å²) in [7, 11) is -2.60. The van der Waals surface area contributed by atoms with Crippen molar-refractivity contribution in [1.82, 2.24) is 14.5 Å². The number of methoxy groups -OCH3 is 1. The van der Waals surface area contributed by atoms with Crippen LogP contribution >= 0.6 is 11.6 Å². The number of carbonyl (C=O) groups is 1. The predicted molar refractivity (Wildman–Crippen MR) is 101 cm³/mol. The van der Waals surface area contributed by atoms with E-state index < -0.39 is 15.9 Å². The molecule has 1 aromatic heterocycles. The number of carbonyl (C=O) groups excluding carboxylic acids is 1. The molecule has 0 aliphatic carbocycles. The first-order valence-corrected chi connectivity index (χ1v) is 9.71. The molecular weight excluding hydrogens is 390 g/mol. The van der Waals surface area contributed by atoms with Gasteiger partial charge in [-0.05, 0) is 43.3 Å². The fourth-order valence-corrected chi connectivity index (χ4v) is 3.80. The number of hydrogen-bond donors (Lipinski definition) is 1. The van der Waals surface area contributed by atoms with E-state index in [4.69, 9.17) is 16.3 Å². The number of aromatic nitrogens is 2. The minimum Gasteiger partial charge on any atom is -0.497 e. The van der Waals surface area contributed by atoms with E-state index in [0.717, 1.165) is 0 Å². The molecule has 0 aliphatic rings. The number of hydrogen-bond acceptors (Lipinski definition) is 5. The van der Waals surface area contributed by atoms with E-state index in [1.165, 1.54) is 36.1 Å². The van der Waals surface area contributed by atoms with E-state index in [1.807, 2.05) is 10.8 Å². The molecule has 140 valence electrons. The summed E-state index contributed by atoms with van der Waals surface area (Å²) in [4.78, 5) is 12.5. The summed E-state index contributed by atoms with van der Waals surface area (Å²) in [6.07, 6.45) is 0. The Morgan fingerprint density at radius 3 is 2.33 bits per heavy atom. The quantitative estimate of drug-likeness (QED) is 0.704. The molecule has 7 nitrogen and oxygen atoms in total. The van der Waals surface area contributed by atoms with Gasteiger partial charge in [0.1, 0.15) is 16.5 Å². The molecule has 3 aromatic rings. The number of ether oxygens (including phenoxy) is 1. The first-order valence-electron chi connectivity index (χ1n) is 7.85. The topological polar surface area (TPSA) is 90.3 Å². The Bertz CT molecular complexity index is 1080. The molecule has 9 heteroatoms. The lowest BCUT2D eigenvalue weighted by Gasteiger charge is -2.08. The molecule has 0 spiro atoms. The zero-order valence-electron chi connectivity index (χ0n) is 14.5. The Kier molecular flexibility index (Phi) is 5.20. The average Bonchev–Trinajstić information content (AvgIpc) is 2.96. The van der Waals surface area contributed by atoms with E-state index >= 15 is 0 Å². The van der Waals surface area contributed by atoms with Crippen molar-refractivity contribution in [3.63, 3.8) is 0 Å². The third-order valence-electron chi connectivity index (χ3n) is 3.83. The SMILES string of the molecule is COc1ccc(S(=O)(=O)NC(=O)c2c(C)nn(-c3ccccc3)c2Cl)cc1. The zero-order chi connectivity index (χ0) is 19.6. The van der Waals surface area contributed by atoms with Gasteiger partial charge in [0, 0.05) is 0 Å². The average molecular weight is 406 g/mol. The van der Waals surface area contributed by atoms with Crippen molar-refractivity contribution in [3.05, 3.63) is 71.0 Å². The highest BCUT2D eigenvalue weighted by Crippen LogP contribution is 2.24. The van der Waals surface area contributed by atoms with Crippen molar-refractivity contribution in [2.75, 3.05) is 7.11 Å². The van der Waals surface area contributed by atoms with Gasteiger partial charge in [-0.2, -0.15) is 5.10 Å². The Morgan fingerprint density at radius 1 is 1.11 bits per heavy atom. The number of nitrogens with zero attached hydrogens (tertiary/aromatic N) is 2. The fraction of sp³-hybridized carbons (Fsp3) is 0.111. The van der Waals surface area contributed by atoms with Crippen LogP contribution in [0.2, 0.25) is 5.15 Å². The lowest BCUT2D eigenvalue weighted by atomic mass is 10.2. The van der Waals surface area contributed by atoms with Gasteiger partial charge in [0.15, 0.2) is 0 Å². The molecule has 0 radical (unpaired) electrons. The number of para-hydroxylation sites is 1. The van der Waals surface area contributed by atoms with Crippen LogP contribution in [0.1, 0.15) is 16.1 Å². The van der Waals surface area contributed by atoms with E-state index in [-0.39, 0.29) is 15.6 Å². The van der Waals surface area contributed by atoms with Crippen LogP contribution in [0.4, 0.5) is 0 Å². The van der Waals surface area contributed by atoms with Gasteiger partial charge in [-0.1, -0.05) is 29.8 Å². The van der Waals surface area contributed by atoms with Gasteiger partial charge >= 0.3 is 0 Å². The van der Waals surface area contributed by atoms with Gasteiger partial charge in [0.25, 0.3) is 15.9 Å². The van der Waals surface area contributed by atoms with Gasteiger partial charge < -0.3 is 4.74 Å². The molecule has 2 aromatic carbocycles. The number of sulfonamides is 1. The number of halogens is 1. The molecule has 0 aliphatic heterocycles. The summed E-state index contributed by atoms with van der Waals surface area (Å²) >= 11 is 6.30. The summed E-state index contributed by atoms with van der Waals surface area (Å²) < 4.78 is 33.3. The first kappa shape index (κ1) is 18.9. The Hall–Kier alpha value is -2.84. The molecule has 0 unspecified atom stereocenters. The third kappa shape index (κ3) is 3.81. The molecule has 3 rings (SSSR count). The lowest BCUT2D eigenvalue weighted by Crippen LogP contribution is -2.31. The second-order valence-electron chi connectivity index (χ2n) is 5.61. The smallest absolute Gasteiger partial charge is 0.270 e. The number of nitrogens with one attached hydrogen (secondary N) is 1. The zero-order valence-corrected chi connectivity index (χ0v) is 16.1. The summed E-state index contributed by atoms with van der Waals surface area (Å²) in [5.74, 6) is -0.348. The molecule has 0 saturated heterocycles. The van der Waals surface area contributed by atoms with Gasteiger partial charge in [-0.15, -0.1) is 0 Å². The first-order chi connectivity index (χ1) is 12.8. The van der Waals surface area contributed by atoms with Gasteiger partial charge in [-0.25, -0.2) is 17.8 Å². The second kappa shape index (κ2) is 7.42. The molecule has 0 atom stereocenters. The van der Waals surface area contributed by atoms with Crippen LogP contribution in [-0.4, -0.2) is 31.2 Å². The van der Waals surface area contributed by atoms with Gasteiger partial charge in [-0.3, -0.25) is 4.79 Å². The van der Waals surface area contributed by atoms with Crippen LogP contribution in [0.3, 0.4) is 0 Å². The highest BCUT2D eigenvalue weighted by Gasteiger charge is 2.25. The largest absolute Gasteiger partial charge is 0.497 e. The summed E-state index contributed by atoms with van der Waals surface area (Å²) in [6.45, 7) is 1.58. The Labute approximate surface area is 161 Å². The summed E-state index contributed by atoms with van der Waals surface area (Å²) in [5.41, 5.74) is 0.964. The van der Waals surface area contributed by atoms with Crippen molar-refractivity contribution in [3.8, 4) is 11.4 Å². The highest BCUT2D eigenvalue weighted by molar-refractivity contribution is 7.90. The lowest BCUT2D eigenvalue weighted by molar-refractivity contribution is 0.0981. The fourth-order valence-electron chi connectivity index (χ4n) is 2.48. The van der Waals surface area contributed by atoms with Crippen LogP contribution < -0.4 is 9.46 Å². The van der Waals surface area contributed by atoms with Crippen molar-refractivity contribution in [2.45, 2.75) is 11.8 Å². The summed E-state index contributed by atoms with van der Waals surface area (Å²) in [6, 6.07) is 14.7. The second-order valence-corrected chi connectivity index (χ2v) is 7.65. The Balaban J connectivity index is 1.91. The van der Waals surface area contributed by atoms with Crippen LogP contribution in [0.5, 0.6) is 5.75 Å². The summed E-state index contributed by atoms with van der Waals surface area (Å²) in [5, 5.41) is 4.27. The third-order valence-corrected chi connectivity index (χ3v) is 5.52. The maximum Gasteiger partial charge on any atom is 0.270 e. The van der Waals surface area contributed by atoms with Gasteiger partial charge in [0.2, 0.25) is 0 Å². The molecule has 1 heterocycles. The molecule has 1 amide bonds. The molecule has 0 saturated carbocycles. The minimum absolute atomic E-state index is 0.00222. The van der Waals surface area contributed by atoms with Crippen LogP contribution in [-0.2, 0) is 10.0 Å². The van der Waals surface area contributed by atoms with Gasteiger partial charge in [0.05, 0.1) is 23.4 Å². The van der Waals surface area contributed by atoms with Crippen molar-refractivity contribution in [1.29, 1.82) is 0 Å². The van der Waals surface area contributed by atoms with Crippen LogP contribution in [0.15, 0.2) is 59.5 Å². The minimum atomic E-state index is -4.07. The molecule has 0 fully saturated rings. The number of benzene rings is 2. The molecular formula is C18H16ClN3O4S. The number of rotatable bonds is 5. The van der Waals surface area contributed by atoms with Crippen LogP contribution in [0.25, 0.3) is 5.69 Å². The molecule has 1 N–H and O–H groups in total. The predicted octanol–water partition coefficient (Wildman–Crippen LogP) is 2.96. The Morgan fingerprint density at radius 2 is 1.74 bits per heavy atom. The van der Waals surface area contributed by atoms with E-state index in [0.29, 0.717) is 17.1 Å². The van der Waals surface area contributed by atoms with E-state index in [9.17, 15) is 13.2 Å². The standard InChI is InChI=1S/C18H16ClN3O4S/c1-12-16(17(19)22(20-12)13-6-4-3-5-7-13)18(23)21-27(24,25)15-10-8-14(26-2)9-11-15/h3-11H,1-2H3,(H,21,23). The van der Waals surface area contributed by atoms with Crippen molar-refractivity contribution >= 4 is 27.5 Å². The monoisotopic (exact) mass is 405 g/mol. The maximum atomic E-state index is 12.6. The highest BCUT2D eigenvalue weighted by atomic mass is 35.5. The molecule has 0 bridgehead atoms. The number of aryl methyl sites for hydroxylation is 1. The normalized spacial score (nSPS) is 11.2. The van der Waals surface area contributed by atoms with E-state index in [2.05, 4.69) is 5.10 Å². The maximum absolute atomic E-state index is 12.6.